The zero-order chi connectivity index (χ0) is 14.4. The Morgan fingerprint density at radius 1 is 1.35 bits per heavy atom. The van der Waals surface area contributed by atoms with Crippen LogP contribution >= 0.6 is 11.8 Å². The number of carbonyl (C=O) groups is 1. The summed E-state index contributed by atoms with van der Waals surface area (Å²) in [6.45, 7) is 0.803. The van der Waals surface area contributed by atoms with E-state index in [-0.39, 0.29) is 10.7 Å². The lowest BCUT2D eigenvalue weighted by atomic mass is 10.1. The van der Waals surface area contributed by atoms with Gasteiger partial charge in [-0.05, 0) is 37.1 Å². The molecule has 1 aromatic rings. The summed E-state index contributed by atoms with van der Waals surface area (Å²) in [5.41, 5.74) is 7.72. The molecule has 1 aliphatic carbocycles. The second-order valence-electron chi connectivity index (χ2n) is 5.57. The Morgan fingerprint density at radius 3 is 2.70 bits per heavy atom. The fraction of sp³-hybridized carbons (Fsp3) is 0.562. The summed E-state index contributed by atoms with van der Waals surface area (Å²) in [7, 11) is 0. The first-order chi connectivity index (χ1) is 9.65. The summed E-state index contributed by atoms with van der Waals surface area (Å²) in [5.74, 6) is 0.133. The van der Waals surface area contributed by atoms with E-state index in [1.54, 1.807) is 0 Å². The molecule has 1 fully saturated rings. The molecule has 0 radical (unpaired) electrons. The van der Waals surface area contributed by atoms with Crippen molar-refractivity contribution in [2.24, 2.45) is 0 Å². The molecule has 20 heavy (non-hydrogen) atoms. The molecule has 0 aliphatic heterocycles. The van der Waals surface area contributed by atoms with Crippen molar-refractivity contribution in [3.8, 4) is 0 Å². The van der Waals surface area contributed by atoms with Gasteiger partial charge in [0.2, 0.25) is 5.91 Å². The average molecular weight is 292 g/mol. The van der Waals surface area contributed by atoms with Gasteiger partial charge in [-0.3, -0.25) is 4.79 Å². The normalized spacial score (nSPS) is 17.1. The molecule has 0 aromatic heterocycles. The highest BCUT2D eigenvalue weighted by Gasteiger charge is 2.33. The van der Waals surface area contributed by atoms with Crippen molar-refractivity contribution in [1.82, 2.24) is 5.32 Å². The minimum Gasteiger partial charge on any atom is -0.399 e. The Bertz CT molecular complexity index is 456. The summed E-state index contributed by atoms with van der Waals surface area (Å²) >= 11 is 1.90. The number of nitrogen functional groups attached to an aromatic ring is 1. The fourth-order valence-corrected chi connectivity index (χ4v) is 3.74. The lowest BCUT2D eigenvalue weighted by molar-refractivity contribution is -0.121. The Kier molecular flexibility index (Phi) is 5.35. The maximum Gasteiger partial charge on any atom is 0.220 e. The quantitative estimate of drug-likeness (QED) is 0.793. The van der Waals surface area contributed by atoms with Gasteiger partial charge in [-0.2, -0.15) is 11.8 Å². The van der Waals surface area contributed by atoms with Gasteiger partial charge in [0.15, 0.2) is 0 Å². The molecule has 0 spiro atoms. The number of rotatable bonds is 6. The SMILES string of the molecule is CSC1(CNC(=O)CCc2ccccc2N)CCCC1. The lowest BCUT2D eigenvalue weighted by Gasteiger charge is -2.26. The first-order valence-electron chi connectivity index (χ1n) is 7.30. The maximum atomic E-state index is 12.0. The third-order valence-electron chi connectivity index (χ3n) is 4.23. The Labute approximate surface area is 125 Å². The average Bonchev–Trinajstić information content (AvgIpc) is 2.94. The van der Waals surface area contributed by atoms with Crippen LogP contribution in [0.2, 0.25) is 0 Å². The van der Waals surface area contributed by atoms with Crippen molar-refractivity contribution in [1.29, 1.82) is 0 Å². The number of para-hydroxylation sites is 1. The van der Waals surface area contributed by atoms with Gasteiger partial charge in [-0.25, -0.2) is 0 Å². The van der Waals surface area contributed by atoms with E-state index in [2.05, 4.69) is 11.6 Å². The van der Waals surface area contributed by atoms with Gasteiger partial charge in [-0.15, -0.1) is 0 Å². The molecule has 0 unspecified atom stereocenters. The van der Waals surface area contributed by atoms with Gasteiger partial charge in [0, 0.05) is 23.4 Å². The minimum absolute atomic E-state index is 0.133. The van der Waals surface area contributed by atoms with Crippen LogP contribution in [0.4, 0.5) is 5.69 Å². The molecule has 1 aliphatic rings. The summed E-state index contributed by atoms with van der Waals surface area (Å²) in [5, 5.41) is 3.11. The molecule has 4 heteroatoms. The number of hydrogen-bond donors (Lipinski definition) is 2. The summed E-state index contributed by atoms with van der Waals surface area (Å²) in [6.07, 6.45) is 8.40. The summed E-state index contributed by atoms with van der Waals surface area (Å²) in [6, 6.07) is 7.75. The molecule has 110 valence electrons. The molecule has 0 heterocycles. The monoisotopic (exact) mass is 292 g/mol. The van der Waals surface area contributed by atoms with Crippen LogP contribution in [0.15, 0.2) is 24.3 Å². The Morgan fingerprint density at radius 2 is 2.05 bits per heavy atom. The van der Waals surface area contributed by atoms with E-state index in [1.165, 1.54) is 25.7 Å². The van der Waals surface area contributed by atoms with Crippen molar-refractivity contribution < 1.29 is 4.79 Å². The fourth-order valence-electron chi connectivity index (χ4n) is 2.83. The second kappa shape index (κ2) is 7.02. The second-order valence-corrected chi connectivity index (χ2v) is 6.84. The first kappa shape index (κ1) is 15.2. The van der Waals surface area contributed by atoms with Crippen molar-refractivity contribution in [2.45, 2.75) is 43.3 Å². The summed E-state index contributed by atoms with van der Waals surface area (Å²) in [4.78, 5) is 12.0. The van der Waals surface area contributed by atoms with Crippen molar-refractivity contribution in [3.63, 3.8) is 0 Å². The lowest BCUT2D eigenvalue weighted by Crippen LogP contribution is -2.38. The zero-order valence-corrected chi connectivity index (χ0v) is 13.0. The molecule has 2 rings (SSSR count). The molecule has 1 aromatic carbocycles. The highest BCUT2D eigenvalue weighted by molar-refractivity contribution is 8.00. The van der Waals surface area contributed by atoms with Gasteiger partial charge in [-0.1, -0.05) is 31.0 Å². The van der Waals surface area contributed by atoms with Crippen LogP contribution in [0.1, 0.15) is 37.7 Å². The van der Waals surface area contributed by atoms with E-state index in [4.69, 9.17) is 5.73 Å². The Balaban J connectivity index is 1.77. The van der Waals surface area contributed by atoms with Crippen molar-refractivity contribution >= 4 is 23.4 Å². The van der Waals surface area contributed by atoms with Crippen LogP contribution in [0.25, 0.3) is 0 Å². The van der Waals surface area contributed by atoms with E-state index < -0.39 is 0 Å². The molecule has 3 N–H and O–H groups in total. The number of nitrogens with two attached hydrogens (primary N) is 1. The van der Waals surface area contributed by atoms with Crippen molar-refractivity contribution in [3.05, 3.63) is 29.8 Å². The molecular formula is C16H24N2OS. The molecule has 0 bridgehead atoms. The third-order valence-corrected chi connectivity index (χ3v) is 5.65. The van der Waals surface area contributed by atoms with Crippen LogP contribution < -0.4 is 11.1 Å². The van der Waals surface area contributed by atoms with E-state index in [0.717, 1.165) is 17.8 Å². The van der Waals surface area contributed by atoms with Gasteiger partial charge in [0.05, 0.1) is 0 Å². The first-order valence-corrected chi connectivity index (χ1v) is 8.53. The number of amides is 1. The van der Waals surface area contributed by atoms with Gasteiger partial charge in [0.25, 0.3) is 0 Å². The number of nitrogens with one attached hydrogen (secondary N) is 1. The van der Waals surface area contributed by atoms with E-state index >= 15 is 0 Å². The number of thioether (sulfide) groups is 1. The maximum absolute atomic E-state index is 12.0. The number of aryl methyl sites for hydroxylation is 1. The van der Waals surface area contributed by atoms with Crippen LogP contribution in [0, 0.1) is 0 Å². The third kappa shape index (κ3) is 3.92. The Hall–Kier alpha value is -1.16. The predicted molar refractivity (Wildman–Crippen MR) is 86.9 cm³/mol. The van der Waals surface area contributed by atoms with E-state index in [9.17, 15) is 4.79 Å². The predicted octanol–water partition coefficient (Wildman–Crippen LogP) is 2.99. The number of benzene rings is 1. The highest BCUT2D eigenvalue weighted by atomic mass is 32.2. The van der Waals surface area contributed by atoms with Gasteiger partial charge >= 0.3 is 0 Å². The standard InChI is InChI=1S/C16H24N2OS/c1-20-16(10-4-5-11-16)12-18-15(19)9-8-13-6-2-3-7-14(13)17/h2-3,6-7H,4-5,8-12,17H2,1H3,(H,18,19). The topological polar surface area (TPSA) is 55.1 Å². The number of anilines is 1. The van der Waals surface area contributed by atoms with Crippen molar-refractivity contribution in [2.75, 3.05) is 18.5 Å². The highest BCUT2D eigenvalue weighted by Crippen LogP contribution is 2.39. The molecule has 3 nitrogen and oxygen atoms in total. The number of hydrogen-bond acceptors (Lipinski definition) is 3. The zero-order valence-electron chi connectivity index (χ0n) is 12.2. The number of carbonyl (C=O) groups excluding carboxylic acids is 1. The molecule has 1 saturated carbocycles. The van der Waals surface area contributed by atoms with Crippen LogP contribution in [0.3, 0.4) is 0 Å². The molecule has 1 amide bonds. The van der Waals surface area contributed by atoms with Gasteiger partial charge in [0.1, 0.15) is 0 Å². The van der Waals surface area contributed by atoms with Crippen LogP contribution in [0.5, 0.6) is 0 Å². The largest absolute Gasteiger partial charge is 0.399 e. The smallest absolute Gasteiger partial charge is 0.220 e. The molecule has 0 atom stereocenters. The molecular weight excluding hydrogens is 268 g/mol. The van der Waals surface area contributed by atoms with Crippen LogP contribution in [-0.2, 0) is 11.2 Å². The minimum atomic E-state index is 0.133. The van der Waals surface area contributed by atoms with Gasteiger partial charge < -0.3 is 11.1 Å². The van der Waals surface area contributed by atoms with Crippen LogP contribution in [-0.4, -0.2) is 23.5 Å². The van der Waals surface area contributed by atoms with E-state index in [0.29, 0.717) is 12.8 Å². The summed E-state index contributed by atoms with van der Waals surface area (Å²) < 4.78 is 0.279. The molecule has 0 saturated heterocycles. The van der Waals surface area contributed by atoms with E-state index in [1.807, 2.05) is 36.0 Å².